The number of aromatic nitrogens is 3. The summed E-state index contributed by atoms with van der Waals surface area (Å²) in [4.78, 5) is 60.0. The van der Waals surface area contributed by atoms with Gasteiger partial charge in [-0.3, -0.25) is 23.2 Å². The van der Waals surface area contributed by atoms with Gasteiger partial charge in [0, 0.05) is 35.2 Å². The minimum atomic E-state index is -4.84. The van der Waals surface area contributed by atoms with Crippen LogP contribution >= 0.6 is 23.1 Å². The van der Waals surface area contributed by atoms with Gasteiger partial charge in [-0.05, 0) is 17.5 Å². The quantitative estimate of drug-likeness (QED) is 0.151. The smallest absolute Gasteiger partial charge is 0.423 e. The number of thiophene rings is 1. The monoisotopic (exact) mass is 724 g/mol. The number of aliphatic carboxylic acids is 1. The van der Waals surface area contributed by atoms with Crippen molar-refractivity contribution in [3.05, 3.63) is 52.3 Å². The van der Waals surface area contributed by atoms with Crippen LogP contribution in [0.1, 0.15) is 17.5 Å². The number of anilines is 1. The fourth-order valence-electron chi connectivity index (χ4n) is 5.56. The van der Waals surface area contributed by atoms with Crippen LogP contribution in [0.5, 0.6) is 0 Å². The first-order valence-electron chi connectivity index (χ1n) is 14.2. The van der Waals surface area contributed by atoms with Crippen molar-refractivity contribution >= 4 is 74.0 Å². The van der Waals surface area contributed by atoms with Crippen LogP contribution in [-0.4, -0.2) is 110 Å². The Hall–Kier alpha value is -4.12. The molecule has 3 aromatic rings. The highest BCUT2D eigenvalue weighted by Crippen LogP contribution is 2.45. The Kier molecular flexibility index (Phi) is 9.44. The minimum absolute atomic E-state index is 0.0386. The number of ether oxygens (including phenoxy) is 2. The number of thioether (sulfide) groups is 1. The number of hydrogen-bond acceptors (Lipinski definition) is 16. The van der Waals surface area contributed by atoms with E-state index >= 15 is 0 Å². The van der Waals surface area contributed by atoms with Crippen molar-refractivity contribution in [1.82, 2.24) is 24.2 Å². The average Bonchev–Trinajstić information content (AvgIpc) is 3.78. The number of aliphatic hydroxyl groups excluding tert-OH is 2. The van der Waals surface area contributed by atoms with E-state index in [9.17, 15) is 42.9 Å². The fraction of sp³-hybridized carbons (Fsp3) is 0.407. The molecule has 18 nitrogen and oxygen atoms in total. The lowest BCUT2D eigenvalue weighted by Gasteiger charge is -2.49. The zero-order valence-corrected chi connectivity index (χ0v) is 27.0. The number of nitrogens with two attached hydrogens (primary N) is 1. The average molecular weight is 725 g/mol. The number of ketones is 1. The van der Waals surface area contributed by atoms with Crippen molar-refractivity contribution in [2.45, 2.75) is 42.8 Å². The molecule has 0 radical (unpaired) electrons. The molecule has 0 spiro atoms. The van der Waals surface area contributed by atoms with E-state index in [2.05, 4.69) is 9.97 Å². The summed E-state index contributed by atoms with van der Waals surface area (Å²) in [6.45, 7) is -1.48. The molecule has 6 heterocycles. The topological polar surface area (TPSA) is 263 Å². The standard InChI is InChI=1S/C27H28N6O12S3/c28-16-3-4-29-22-18(16)30-11-32(22)24-21(36)20(35)17(45-24)9-44-48(41,42)31-27(40)43-8-12-10-47-25-15(23(37)33(25)19(12)26(38)39)7-13(34)6-14-2-1-5-46-14/h1-5,11,15,17,20-21,24-25,35-36H,6-10H2,(H2,28,29)(H,31,40)(H,38,39)/t15-,17-,20-,21-,24-,25-/m1/s1. The number of fused-ring (bicyclic) bond motifs is 2. The third-order valence-corrected chi connectivity index (χ3v) is 11.0. The molecule has 0 saturated carbocycles. The summed E-state index contributed by atoms with van der Waals surface area (Å²) in [6.07, 6.45) is -4.41. The highest BCUT2D eigenvalue weighted by molar-refractivity contribution is 8.00. The molecule has 21 heteroatoms. The SMILES string of the molecule is Nc1ccnc2c1ncn2[C@@H]1O[C@H](COS(=O)(=O)NC(=O)OCC2=C(C(=O)O)N3C(=O)[C@@H](CC(=O)Cc4cccs4)[C@H]3SC2)[C@@H](O)[C@H]1O. The first-order chi connectivity index (χ1) is 22.8. The van der Waals surface area contributed by atoms with Crippen LogP contribution < -0.4 is 10.5 Å². The summed E-state index contributed by atoms with van der Waals surface area (Å²) >= 11 is 2.62. The van der Waals surface area contributed by atoms with Gasteiger partial charge in [-0.1, -0.05) is 6.07 Å². The maximum Gasteiger partial charge on any atom is 0.423 e. The Morgan fingerprint density at radius 1 is 1.19 bits per heavy atom. The number of nitrogens with zero attached hydrogens (tertiary/aromatic N) is 4. The first-order valence-corrected chi connectivity index (χ1v) is 17.5. The number of nitrogen functional groups attached to an aromatic ring is 1. The zero-order chi connectivity index (χ0) is 34.3. The van der Waals surface area contributed by atoms with Crippen molar-refractivity contribution in [3.8, 4) is 0 Å². The Morgan fingerprint density at radius 2 is 1.98 bits per heavy atom. The number of Topliss-reactive ketones (excluding diaryl/α,β-unsaturated/α-hetero) is 1. The summed E-state index contributed by atoms with van der Waals surface area (Å²) in [5.74, 6) is -2.81. The van der Waals surface area contributed by atoms with Gasteiger partial charge in [0.05, 0.1) is 29.9 Å². The molecule has 2 saturated heterocycles. The van der Waals surface area contributed by atoms with Gasteiger partial charge < -0.3 is 30.5 Å². The first kappa shape index (κ1) is 33.8. The molecular formula is C27H28N6O12S3. The maximum atomic E-state index is 12.9. The number of hydrogen-bond donors (Lipinski definition) is 5. The van der Waals surface area contributed by atoms with Gasteiger partial charge in [0.1, 0.15) is 41.9 Å². The van der Waals surface area contributed by atoms with E-state index in [-0.39, 0.29) is 35.6 Å². The molecule has 3 aliphatic heterocycles. The maximum absolute atomic E-state index is 12.9. The zero-order valence-electron chi connectivity index (χ0n) is 24.6. The number of imidazole rings is 1. The Bertz CT molecular complexity index is 1900. The second kappa shape index (κ2) is 13.4. The number of rotatable bonds is 12. The van der Waals surface area contributed by atoms with E-state index in [0.29, 0.717) is 11.2 Å². The summed E-state index contributed by atoms with van der Waals surface area (Å²) < 4.78 is 43.0. The third kappa shape index (κ3) is 6.61. The number of β-lactam (4-membered cyclic amide) rings is 1. The summed E-state index contributed by atoms with van der Waals surface area (Å²) in [7, 11) is -4.84. The van der Waals surface area contributed by atoms with Gasteiger partial charge in [0.15, 0.2) is 11.9 Å². The number of carboxylic acid groups (broad SMARTS) is 1. The van der Waals surface area contributed by atoms with Crippen LogP contribution in [0.25, 0.3) is 11.2 Å². The second-order valence-electron chi connectivity index (χ2n) is 11.0. The summed E-state index contributed by atoms with van der Waals surface area (Å²) in [6, 6.07) is 5.15. The number of amides is 2. The van der Waals surface area contributed by atoms with Gasteiger partial charge >= 0.3 is 22.4 Å². The summed E-state index contributed by atoms with van der Waals surface area (Å²) in [5.41, 5.74) is 6.40. The third-order valence-electron chi connectivity index (χ3n) is 7.84. The van der Waals surface area contributed by atoms with Crippen molar-refractivity contribution in [1.29, 1.82) is 0 Å². The van der Waals surface area contributed by atoms with Gasteiger partial charge in [-0.25, -0.2) is 19.6 Å². The van der Waals surface area contributed by atoms with E-state index < -0.39 is 83.0 Å². The van der Waals surface area contributed by atoms with Crippen LogP contribution in [0, 0.1) is 5.92 Å². The minimum Gasteiger partial charge on any atom is -0.477 e. The molecule has 3 aliphatic rings. The lowest BCUT2D eigenvalue weighted by molar-refractivity contribution is -0.154. The molecule has 3 aromatic heterocycles. The predicted octanol–water partition coefficient (Wildman–Crippen LogP) is -0.246. The van der Waals surface area contributed by atoms with E-state index in [4.69, 9.17) is 19.4 Å². The number of nitrogens with one attached hydrogen (secondary N) is 1. The van der Waals surface area contributed by atoms with Crippen molar-refractivity contribution in [2.75, 3.05) is 24.7 Å². The molecular weight excluding hydrogens is 697 g/mol. The number of pyridine rings is 1. The predicted molar refractivity (Wildman–Crippen MR) is 166 cm³/mol. The largest absolute Gasteiger partial charge is 0.477 e. The Labute approximate surface area is 279 Å². The lowest BCUT2D eigenvalue weighted by Crippen LogP contribution is -2.62. The van der Waals surface area contributed by atoms with E-state index in [1.807, 2.05) is 17.5 Å². The fourth-order valence-corrected chi connectivity index (χ4v) is 8.32. The molecule has 0 aliphatic carbocycles. The van der Waals surface area contributed by atoms with E-state index in [0.717, 1.165) is 9.78 Å². The summed E-state index contributed by atoms with van der Waals surface area (Å²) in [5, 5.41) is 32.1. The van der Waals surface area contributed by atoms with Crippen LogP contribution in [0.4, 0.5) is 10.5 Å². The van der Waals surface area contributed by atoms with Crippen molar-refractivity contribution < 1.29 is 56.6 Å². The van der Waals surface area contributed by atoms with Gasteiger partial charge in [-0.2, -0.15) is 13.1 Å². The number of carbonyl (C=O) groups is 4. The van der Waals surface area contributed by atoms with E-state index in [1.165, 1.54) is 51.0 Å². The number of aliphatic hydroxyl groups is 2. The molecule has 256 valence electrons. The molecule has 0 unspecified atom stereocenters. The van der Waals surface area contributed by atoms with Gasteiger partial charge in [0.2, 0.25) is 5.91 Å². The Balaban J connectivity index is 1.02. The Morgan fingerprint density at radius 3 is 2.71 bits per heavy atom. The van der Waals surface area contributed by atoms with Crippen LogP contribution in [-0.2, 0) is 44.8 Å². The molecule has 2 fully saturated rings. The van der Waals surface area contributed by atoms with Crippen molar-refractivity contribution in [3.63, 3.8) is 0 Å². The molecule has 6 rings (SSSR count). The molecule has 48 heavy (non-hydrogen) atoms. The molecule has 0 bridgehead atoms. The van der Waals surface area contributed by atoms with Crippen LogP contribution in [0.3, 0.4) is 0 Å². The normalized spacial score (nSPS) is 25.5. The highest BCUT2D eigenvalue weighted by atomic mass is 32.2. The van der Waals surface area contributed by atoms with E-state index in [1.54, 1.807) is 0 Å². The van der Waals surface area contributed by atoms with Gasteiger partial charge in [0.25, 0.3) is 0 Å². The second-order valence-corrected chi connectivity index (χ2v) is 14.4. The number of carbonyl (C=O) groups excluding carboxylic acids is 3. The highest BCUT2D eigenvalue weighted by Gasteiger charge is 2.54. The number of carboxylic acids is 1. The van der Waals surface area contributed by atoms with Crippen LogP contribution in [0.2, 0.25) is 0 Å². The molecule has 2 amide bonds. The van der Waals surface area contributed by atoms with Crippen LogP contribution in [0.15, 0.2) is 47.4 Å². The van der Waals surface area contributed by atoms with Crippen molar-refractivity contribution in [2.24, 2.45) is 5.92 Å². The molecule has 6 atom stereocenters. The van der Waals surface area contributed by atoms with Gasteiger partial charge in [-0.15, -0.1) is 23.1 Å². The lowest BCUT2D eigenvalue weighted by atomic mass is 9.89. The molecule has 6 N–H and O–H groups in total. The molecule has 0 aromatic carbocycles.